The molecule has 0 radical (unpaired) electrons. The zero-order valence-electron chi connectivity index (χ0n) is 29.9. The number of amides is 2. The maximum Gasteiger partial charge on any atom is 0.270 e. The number of para-hydroxylation sites is 2. The van der Waals surface area contributed by atoms with Crippen LogP contribution in [0.15, 0.2) is 73.1 Å². The summed E-state index contributed by atoms with van der Waals surface area (Å²) >= 11 is 0. The van der Waals surface area contributed by atoms with Crippen LogP contribution in [0.1, 0.15) is 28.9 Å². The second-order valence-corrected chi connectivity index (χ2v) is 13.2. The van der Waals surface area contributed by atoms with Crippen molar-refractivity contribution in [2.45, 2.75) is 19.4 Å². The Balaban J connectivity index is 1.22. The van der Waals surface area contributed by atoms with E-state index in [9.17, 15) is 9.59 Å². The highest BCUT2D eigenvalue weighted by molar-refractivity contribution is 6.05. The molecule has 2 aliphatic heterocycles. The van der Waals surface area contributed by atoms with Crippen molar-refractivity contribution in [2.24, 2.45) is 0 Å². The van der Waals surface area contributed by atoms with Gasteiger partial charge in [-0.15, -0.1) is 5.10 Å². The van der Waals surface area contributed by atoms with Crippen LogP contribution in [-0.4, -0.2) is 109 Å². The van der Waals surface area contributed by atoms with Crippen LogP contribution in [0.25, 0.3) is 27.6 Å². The lowest BCUT2D eigenvalue weighted by Gasteiger charge is -2.36. The van der Waals surface area contributed by atoms with Crippen LogP contribution >= 0.6 is 0 Å². The van der Waals surface area contributed by atoms with Gasteiger partial charge in [0.05, 0.1) is 38.2 Å². The van der Waals surface area contributed by atoms with Gasteiger partial charge in [-0.05, 0) is 54.0 Å². The minimum Gasteiger partial charge on any atom is -0.496 e. The lowest BCUT2D eigenvalue weighted by molar-refractivity contribution is -0.131. The smallest absolute Gasteiger partial charge is 0.270 e. The fourth-order valence-electron chi connectivity index (χ4n) is 7.10. The van der Waals surface area contributed by atoms with Gasteiger partial charge in [-0.2, -0.15) is 0 Å². The number of nitrogens with zero attached hydrogens (tertiary/aromatic N) is 7. The van der Waals surface area contributed by atoms with Crippen molar-refractivity contribution in [1.29, 1.82) is 0 Å². The third-order valence-corrected chi connectivity index (χ3v) is 9.94. The summed E-state index contributed by atoms with van der Waals surface area (Å²) in [5.74, 6) is 0.708. The van der Waals surface area contributed by atoms with Gasteiger partial charge in [0, 0.05) is 94.2 Å². The number of hydrogen-bond donors (Lipinski definition) is 1. The summed E-state index contributed by atoms with van der Waals surface area (Å²) in [6, 6.07) is 17.3. The number of aromatic amines is 1. The topological polar surface area (TPSA) is 112 Å². The zero-order valence-corrected chi connectivity index (χ0v) is 29.9. The van der Waals surface area contributed by atoms with E-state index >= 15 is 4.39 Å². The highest BCUT2D eigenvalue weighted by atomic mass is 19.1. The summed E-state index contributed by atoms with van der Waals surface area (Å²) in [6.07, 6.45) is 6.14. The highest BCUT2D eigenvalue weighted by Gasteiger charge is 2.28. The number of anilines is 2. The molecule has 0 atom stereocenters. The average molecular weight is 707 g/mol. The number of aryl methyl sites for hydroxylation is 1. The van der Waals surface area contributed by atoms with Crippen LogP contribution in [0.4, 0.5) is 15.8 Å². The van der Waals surface area contributed by atoms with E-state index < -0.39 is 5.82 Å². The Labute approximate surface area is 302 Å². The first-order valence-corrected chi connectivity index (χ1v) is 17.4. The number of H-pyrrole nitrogens is 1. The first-order chi connectivity index (χ1) is 25.2. The van der Waals surface area contributed by atoms with E-state index in [2.05, 4.69) is 20.2 Å². The SMILES string of the molecule is COc1cc(N(C)C)ccc1-c1cc(C2=CCCN(C(=O)CCn3ccnn3)C2)c(F)c2[nH]c(C(=O)N3CCN(c4ccccc4OC)CC3)cc12. The van der Waals surface area contributed by atoms with Crippen molar-refractivity contribution in [3.05, 3.63) is 90.1 Å². The minimum absolute atomic E-state index is 0.0395. The lowest BCUT2D eigenvalue weighted by Crippen LogP contribution is -2.49. The summed E-state index contributed by atoms with van der Waals surface area (Å²) in [7, 11) is 7.18. The molecular weight excluding hydrogens is 663 g/mol. The van der Waals surface area contributed by atoms with E-state index in [1.54, 1.807) is 47.2 Å². The predicted octanol–water partition coefficient (Wildman–Crippen LogP) is 5.32. The number of methoxy groups -OCH3 is 2. The fourth-order valence-corrected chi connectivity index (χ4v) is 7.10. The Kier molecular flexibility index (Phi) is 9.84. The number of piperazine rings is 1. The highest BCUT2D eigenvalue weighted by Crippen LogP contribution is 2.41. The Hall–Kier alpha value is -5.85. The molecule has 52 heavy (non-hydrogen) atoms. The molecule has 3 aromatic carbocycles. The molecule has 0 bridgehead atoms. The van der Waals surface area contributed by atoms with Gasteiger partial charge in [0.25, 0.3) is 5.91 Å². The van der Waals surface area contributed by atoms with Gasteiger partial charge in [0.2, 0.25) is 5.91 Å². The van der Waals surface area contributed by atoms with Gasteiger partial charge in [-0.25, -0.2) is 4.39 Å². The largest absolute Gasteiger partial charge is 0.496 e. The molecule has 0 saturated carbocycles. The number of aromatic nitrogens is 4. The number of halogens is 1. The van der Waals surface area contributed by atoms with Crippen molar-refractivity contribution in [3.63, 3.8) is 0 Å². The molecule has 7 rings (SSSR count). The van der Waals surface area contributed by atoms with Crippen LogP contribution in [0.2, 0.25) is 0 Å². The molecular formula is C39H43FN8O4. The van der Waals surface area contributed by atoms with E-state index in [4.69, 9.17) is 9.47 Å². The second kappa shape index (κ2) is 14.8. The molecule has 1 saturated heterocycles. The molecule has 0 unspecified atom stereocenters. The van der Waals surface area contributed by atoms with E-state index in [0.717, 1.165) is 28.3 Å². The zero-order chi connectivity index (χ0) is 36.4. The third kappa shape index (κ3) is 6.78. The van der Waals surface area contributed by atoms with Crippen LogP contribution < -0.4 is 19.3 Å². The first kappa shape index (κ1) is 34.6. The van der Waals surface area contributed by atoms with Crippen molar-refractivity contribution >= 4 is 39.7 Å². The number of benzene rings is 3. The van der Waals surface area contributed by atoms with Gasteiger partial charge in [0.15, 0.2) is 5.82 Å². The standard InChI is InChI=1S/C39H43FN8O4/c1-44(2)27-11-12-28(35(22-27)52-4)30-23-29(26-8-7-15-47(25-26)36(49)13-16-48-17-14-41-43-48)37(40)38-31(30)24-32(42-38)39(50)46-20-18-45(19-21-46)33-9-5-6-10-34(33)51-3/h5-6,8-12,14,17,22-24,42H,7,13,15-16,18-21,25H2,1-4H3. The van der Waals surface area contributed by atoms with Gasteiger partial charge in [-0.1, -0.05) is 23.4 Å². The van der Waals surface area contributed by atoms with E-state index in [1.165, 1.54) is 0 Å². The summed E-state index contributed by atoms with van der Waals surface area (Å²) in [5.41, 5.74) is 5.05. The Bertz CT molecular complexity index is 2120. The van der Waals surface area contributed by atoms with Crippen molar-refractivity contribution < 1.29 is 23.5 Å². The molecule has 2 aliphatic rings. The minimum atomic E-state index is -0.467. The maximum atomic E-state index is 16.8. The Morgan fingerprint density at radius 1 is 0.904 bits per heavy atom. The normalized spacial score (nSPS) is 14.8. The number of rotatable bonds is 10. The number of carbonyl (C=O) groups is 2. The monoisotopic (exact) mass is 706 g/mol. The summed E-state index contributed by atoms with van der Waals surface area (Å²) in [4.78, 5) is 38.2. The van der Waals surface area contributed by atoms with Gasteiger partial charge >= 0.3 is 0 Å². The molecule has 2 amide bonds. The summed E-state index contributed by atoms with van der Waals surface area (Å²) in [6.45, 7) is 3.48. The molecule has 270 valence electrons. The van der Waals surface area contributed by atoms with Crippen LogP contribution in [0.3, 0.4) is 0 Å². The van der Waals surface area contributed by atoms with Gasteiger partial charge in [-0.3, -0.25) is 14.3 Å². The van der Waals surface area contributed by atoms with Crippen LogP contribution in [0, 0.1) is 5.82 Å². The lowest BCUT2D eigenvalue weighted by atomic mass is 9.92. The van der Waals surface area contributed by atoms with E-state index in [-0.39, 0.29) is 30.3 Å². The Morgan fingerprint density at radius 2 is 1.69 bits per heavy atom. The van der Waals surface area contributed by atoms with Crippen LogP contribution in [-0.2, 0) is 11.3 Å². The molecule has 0 spiro atoms. The molecule has 1 N–H and O–H groups in total. The number of ether oxygens (including phenoxy) is 2. The number of carbonyl (C=O) groups excluding carboxylic acids is 2. The van der Waals surface area contributed by atoms with Crippen molar-refractivity contribution in [1.82, 2.24) is 29.8 Å². The summed E-state index contributed by atoms with van der Waals surface area (Å²) in [5, 5.41) is 8.34. The molecule has 5 aromatic rings. The molecule has 0 aliphatic carbocycles. The van der Waals surface area contributed by atoms with Crippen LogP contribution in [0.5, 0.6) is 11.5 Å². The fraction of sp³-hybridized carbons (Fsp3) is 0.333. The maximum absolute atomic E-state index is 16.8. The molecule has 1 fully saturated rings. The number of hydrogen-bond acceptors (Lipinski definition) is 8. The summed E-state index contributed by atoms with van der Waals surface area (Å²) < 4.78 is 29.9. The number of fused-ring (bicyclic) bond motifs is 1. The molecule has 2 aromatic heterocycles. The van der Waals surface area contributed by atoms with Crippen molar-refractivity contribution in [3.8, 4) is 22.6 Å². The van der Waals surface area contributed by atoms with Crippen molar-refractivity contribution in [2.75, 3.05) is 77.4 Å². The van der Waals surface area contributed by atoms with E-state index in [1.807, 2.05) is 73.6 Å². The second-order valence-electron chi connectivity index (χ2n) is 13.2. The first-order valence-electron chi connectivity index (χ1n) is 17.4. The Morgan fingerprint density at radius 3 is 2.42 bits per heavy atom. The van der Waals surface area contributed by atoms with Gasteiger partial charge < -0.3 is 34.1 Å². The molecule has 12 nitrogen and oxygen atoms in total. The average Bonchev–Trinajstić information content (AvgIpc) is 3.88. The van der Waals surface area contributed by atoms with Gasteiger partial charge in [0.1, 0.15) is 17.2 Å². The molecule has 4 heterocycles. The third-order valence-electron chi connectivity index (χ3n) is 9.94. The van der Waals surface area contributed by atoms with E-state index in [0.29, 0.717) is 73.7 Å². The quantitative estimate of drug-likeness (QED) is 0.208. The molecule has 13 heteroatoms. The number of nitrogens with one attached hydrogen (secondary N) is 1. The predicted molar refractivity (Wildman–Crippen MR) is 199 cm³/mol.